The number of methoxy groups -OCH3 is 1. The molecule has 1 aliphatic heterocycles. The van der Waals surface area contributed by atoms with E-state index in [1.165, 1.54) is 7.11 Å². The molecule has 1 atom stereocenters. The number of fused-ring (bicyclic) bond motifs is 1. The van der Waals surface area contributed by atoms with Crippen molar-refractivity contribution >= 4 is 41.8 Å². The van der Waals surface area contributed by atoms with Crippen molar-refractivity contribution in [2.75, 3.05) is 58.1 Å². The van der Waals surface area contributed by atoms with Crippen molar-refractivity contribution in [1.29, 1.82) is 0 Å². The first kappa shape index (κ1) is 38.7. The van der Waals surface area contributed by atoms with Crippen molar-refractivity contribution in [3.63, 3.8) is 0 Å². The SMILES string of the molecule is CCCC(C=O)N1Cc2c(NC(=O)CCCCCCNCCOCCNC(=O)c3ccc(N)c(OC)c3)cccc2C1=O.CNC=O. The average Bonchev–Trinajstić information content (AvgIpc) is 3.42. The summed E-state index contributed by atoms with van der Waals surface area (Å²) in [6.45, 7) is 5.28. The smallest absolute Gasteiger partial charge is 0.255 e. The molecule has 0 aromatic heterocycles. The van der Waals surface area contributed by atoms with Gasteiger partial charge < -0.3 is 46.2 Å². The van der Waals surface area contributed by atoms with Crippen LogP contribution in [0, 0.1) is 0 Å². The Bertz CT molecular complexity index is 1310. The molecule has 0 radical (unpaired) electrons. The Labute approximate surface area is 277 Å². The largest absolute Gasteiger partial charge is 0.495 e. The van der Waals surface area contributed by atoms with E-state index in [1.54, 1.807) is 42.3 Å². The number of nitrogens with one attached hydrogen (secondary N) is 4. The van der Waals surface area contributed by atoms with E-state index >= 15 is 0 Å². The normalized spacial score (nSPS) is 12.3. The summed E-state index contributed by atoms with van der Waals surface area (Å²) in [5.41, 5.74) is 8.73. The monoisotopic (exact) mass is 654 g/mol. The van der Waals surface area contributed by atoms with Gasteiger partial charge in [0.1, 0.15) is 12.0 Å². The molecule has 0 saturated heterocycles. The Morgan fingerprint density at radius 2 is 1.79 bits per heavy atom. The highest BCUT2D eigenvalue weighted by atomic mass is 16.5. The van der Waals surface area contributed by atoms with E-state index in [2.05, 4.69) is 21.3 Å². The van der Waals surface area contributed by atoms with Crippen LogP contribution in [0.5, 0.6) is 5.75 Å². The van der Waals surface area contributed by atoms with Gasteiger partial charge in [0.15, 0.2) is 0 Å². The summed E-state index contributed by atoms with van der Waals surface area (Å²) in [7, 11) is 3.07. The second-order valence-corrected chi connectivity index (χ2v) is 11.0. The fourth-order valence-electron chi connectivity index (χ4n) is 5.00. The van der Waals surface area contributed by atoms with Crippen LogP contribution in [0.2, 0.25) is 0 Å². The summed E-state index contributed by atoms with van der Waals surface area (Å²) >= 11 is 0. The fraction of sp³-hybridized carbons (Fsp3) is 0.500. The molecular formula is C34H50N6O7. The number of nitrogens with zero attached hydrogens (tertiary/aromatic N) is 1. The Morgan fingerprint density at radius 3 is 2.49 bits per heavy atom. The van der Waals surface area contributed by atoms with Crippen LogP contribution in [0.25, 0.3) is 0 Å². The minimum atomic E-state index is -0.443. The van der Waals surface area contributed by atoms with Crippen LogP contribution in [-0.2, 0) is 25.7 Å². The summed E-state index contributed by atoms with van der Waals surface area (Å²) in [5, 5.41) is 11.4. The molecule has 1 unspecified atom stereocenters. The van der Waals surface area contributed by atoms with Crippen LogP contribution >= 0.6 is 0 Å². The lowest BCUT2D eigenvalue weighted by Crippen LogP contribution is -2.36. The number of rotatable bonds is 21. The van der Waals surface area contributed by atoms with Crippen molar-refractivity contribution in [2.45, 2.75) is 64.5 Å². The molecule has 258 valence electrons. The van der Waals surface area contributed by atoms with Gasteiger partial charge in [-0.1, -0.05) is 32.3 Å². The van der Waals surface area contributed by atoms with Crippen molar-refractivity contribution in [3.05, 3.63) is 53.1 Å². The Morgan fingerprint density at radius 1 is 1.04 bits per heavy atom. The topological polar surface area (TPSA) is 181 Å². The third-order valence-electron chi connectivity index (χ3n) is 7.49. The molecular weight excluding hydrogens is 604 g/mol. The number of anilines is 2. The number of hydrogen-bond donors (Lipinski definition) is 5. The predicted octanol–water partition coefficient (Wildman–Crippen LogP) is 2.89. The molecule has 3 rings (SSSR count). The molecule has 2 aromatic rings. The van der Waals surface area contributed by atoms with Gasteiger partial charge in [-0.25, -0.2) is 0 Å². The van der Waals surface area contributed by atoms with E-state index in [9.17, 15) is 19.2 Å². The van der Waals surface area contributed by atoms with Crippen molar-refractivity contribution < 1.29 is 33.4 Å². The van der Waals surface area contributed by atoms with E-state index in [0.717, 1.165) is 57.0 Å². The van der Waals surface area contributed by atoms with E-state index in [4.69, 9.17) is 20.0 Å². The lowest BCUT2D eigenvalue weighted by atomic mass is 10.1. The molecule has 2 aromatic carbocycles. The number of carbonyl (C=O) groups excluding carboxylic acids is 5. The van der Waals surface area contributed by atoms with Gasteiger partial charge in [0.05, 0.1) is 32.1 Å². The minimum absolute atomic E-state index is 0.0700. The molecule has 13 heteroatoms. The van der Waals surface area contributed by atoms with Crippen LogP contribution in [0.15, 0.2) is 36.4 Å². The van der Waals surface area contributed by atoms with Crippen molar-refractivity contribution in [3.8, 4) is 5.75 Å². The Kier molecular flexibility index (Phi) is 18.2. The highest BCUT2D eigenvalue weighted by Gasteiger charge is 2.33. The first-order valence-corrected chi connectivity index (χ1v) is 16.1. The lowest BCUT2D eigenvalue weighted by Gasteiger charge is -2.22. The first-order chi connectivity index (χ1) is 22.8. The number of ether oxygens (including phenoxy) is 2. The number of nitrogen functional groups attached to an aromatic ring is 1. The van der Waals surface area contributed by atoms with Crippen LogP contribution in [0.4, 0.5) is 11.4 Å². The molecule has 13 nitrogen and oxygen atoms in total. The zero-order valence-corrected chi connectivity index (χ0v) is 27.8. The molecule has 1 aliphatic rings. The number of hydrogen-bond acceptors (Lipinski definition) is 9. The van der Waals surface area contributed by atoms with Gasteiger partial charge in [0, 0.05) is 55.5 Å². The van der Waals surface area contributed by atoms with Crippen LogP contribution < -0.4 is 31.7 Å². The van der Waals surface area contributed by atoms with E-state index in [1.807, 2.05) is 13.0 Å². The number of amides is 4. The molecule has 0 aliphatic carbocycles. The number of nitrogens with two attached hydrogens (primary N) is 1. The van der Waals surface area contributed by atoms with Gasteiger partial charge in [-0.05, 0) is 56.1 Å². The van der Waals surface area contributed by atoms with E-state index < -0.39 is 6.04 Å². The molecule has 47 heavy (non-hydrogen) atoms. The maximum Gasteiger partial charge on any atom is 0.255 e. The highest BCUT2D eigenvalue weighted by molar-refractivity contribution is 6.03. The van der Waals surface area contributed by atoms with E-state index in [0.29, 0.717) is 73.8 Å². The quantitative estimate of drug-likeness (QED) is 0.0768. The number of unbranched alkanes of at least 4 members (excludes halogenated alkanes) is 3. The number of carbonyl (C=O) groups is 5. The fourth-order valence-corrected chi connectivity index (χ4v) is 5.00. The molecule has 0 bridgehead atoms. The maximum absolute atomic E-state index is 12.8. The van der Waals surface area contributed by atoms with Gasteiger partial charge in [-0.2, -0.15) is 0 Å². The van der Waals surface area contributed by atoms with Gasteiger partial charge >= 0.3 is 0 Å². The minimum Gasteiger partial charge on any atom is -0.495 e. The second kappa shape index (κ2) is 22.1. The Hall–Kier alpha value is -4.49. The average molecular weight is 655 g/mol. The lowest BCUT2D eigenvalue weighted by molar-refractivity contribution is -0.116. The zero-order valence-electron chi connectivity index (χ0n) is 27.8. The summed E-state index contributed by atoms with van der Waals surface area (Å²) < 4.78 is 10.7. The van der Waals surface area contributed by atoms with Gasteiger partial charge in [0.2, 0.25) is 12.3 Å². The van der Waals surface area contributed by atoms with Gasteiger partial charge in [-0.15, -0.1) is 0 Å². The highest BCUT2D eigenvalue weighted by Crippen LogP contribution is 2.31. The molecule has 0 saturated carbocycles. The van der Waals surface area contributed by atoms with Crippen LogP contribution in [-0.4, -0.2) is 88.4 Å². The van der Waals surface area contributed by atoms with Crippen LogP contribution in [0.1, 0.15) is 78.1 Å². The zero-order chi connectivity index (χ0) is 34.4. The maximum atomic E-state index is 12.8. The predicted molar refractivity (Wildman–Crippen MR) is 181 cm³/mol. The molecule has 0 spiro atoms. The standard InChI is InChI=1S/C32H45N5O6.C2H5NO/c1-3-9-24(22-38)37-21-26-25(32(37)41)10-8-11-28(26)36-30(39)12-6-4-5-7-15-34-16-18-43-19-17-35-31(40)23-13-14-27(33)29(20-23)42-2;1-3-2-4/h8,10-11,13-14,20,22,24,34H,3-7,9,12,15-19,21,33H2,1-2H3,(H,35,40)(H,36,39);2H,1H3,(H,3,4). The summed E-state index contributed by atoms with van der Waals surface area (Å²) in [5.74, 6) is 0.0359. The Balaban J connectivity index is 0.00000181. The number of aldehydes is 1. The van der Waals surface area contributed by atoms with Gasteiger partial charge in [-0.3, -0.25) is 19.2 Å². The molecule has 1 heterocycles. The van der Waals surface area contributed by atoms with Gasteiger partial charge in [0.25, 0.3) is 11.8 Å². The molecule has 0 fully saturated rings. The summed E-state index contributed by atoms with van der Waals surface area (Å²) in [6.07, 6.45) is 7.05. The summed E-state index contributed by atoms with van der Waals surface area (Å²) in [6, 6.07) is 9.79. The summed E-state index contributed by atoms with van der Waals surface area (Å²) in [4.78, 5) is 59.8. The third kappa shape index (κ3) is 13.0. The molecule has 6 N–H and O–H groups in total. The van der Waals surface area contributed by atoms with Crippen molar-refractivity contribution in [2.24, 2.45) is 0 Å². The second-order valence-electron chi connectivity index (χ2n) is 11.0. The third-order valence-corrected chi connectivity index (χ3v) is 7.49. The van der Waals surface area contributed by atoms with E-state index in [-0.39, 0.29) is 17.7 Å². The molecule has 4 amide bonds. The first-order valence-electron chi connectivity index (χ1n) is 16.1. The van der Waals surface area contributed by atoms with Crippen molar-refractivity contribution in [1.82, 2.24) is 20.9 Å². The number of benzene rings is 2. The van der Waals surface area contributed by atoms with Crippen LogP contribution in [0.3, 0.4) is 0 Å².